The number of nitrogens with zero attached hydrogens (tertiary/aromatic N) is 1. The fourth-order valence-electron chi connectivity index (χ4n) is 3.23. The normalized spacial score (nSPS) is 14.2. The summed E-state index contributed by atoms with van der Waals surface area (Å²) in [4.78, 5) is 17.6. The van der Waals surface area contributed by atoms with Gasteiger partial charge in [-0.15, -0.1) is 0 Å². The highest BCUT2D eigenvalue weighted by Gasteiger charge is 2.26. The van der Waals surface area contributed by atoms with E-state index >= 15 is 0 Å². The van der Waals surface area contributed by atoms with Gasteiger partial charge in [0, 0.05) is 23.5 Å². The van der Waals surface area contributed by atoms with E-state index in [0.717, 1.165) is 35.0 Å². The van der Waals surface area contributed by atoms with Crippen LogP contribution in [-0.2, 0) is 16.4 Å². The topological polar surface area (TPSA) is 102 Å². The van der Waals surface area contributed by atoms with Gasteiger partial charge in [-0.3, -0.25) is 9.78 Å². The molecule has 0 unspecified atom stereocenters. The molecule has 1 saturated carbocycles. The first-order chi connectivity index (χ1) is 13.4. The number of aromatic nitrogens is 1. The molecule has 6 nitrogen and oxygen atoms in total. The van der Waals surface area contributed by atoms with Gasteiger partial charge in [-0.2, -0.15) is 0 Å². The second-order valence-electron chi connectivity index (χ2n) is 7.08. The number of rotatable bonds is 6. The Morgan fingerprint density at radius 2 is 1.82 bits per heavy atom. The number of carbonyl (C=O) groups is 1. The number of nitrogens with two attached hydrogens (primary N) is 1. The highest BCUT2D eigenvalue weighted by Crippen LogP contribution is 2.40. The molecule has 0 bridgehead atoms. The molecule has 0 radical (unpaired) electrons. The number of fused-ring (bicyclic) bond motifs is 1. The van der Waals surface area contributed by atoms with Crippen LogP contribution < -0.4 is 10.5 Å². The van der Waals surface area contributed by atoms with Gasteiger partial charge in [0.2, 0.25) is 10.0 Å². The zero-order valence-corrected chi connectivity index (χ0v) is 16.1. The molecule has 0 spiro atoms. The zero-order chi connectivity index (χ0) is 19.7. The van der Waals surface area contributed by atoms with Crippen molar-refractivity contribution in [3.05, 3.63) is 71.4 Å². The summed E-state index contributed by atoms with van der Waals surface area (Å²) in [5.41, 5.74) is 3.40. The van der Waals surface area contributed by atoms with Gasteiger partial charge in [0.15, 0.2) is 0 Å². The summed E-state index contributed by atoms with van der Waals surface area (Å²) in [6.07, 6.45) is 2.84. The number of hydrogen-bond donors (Lipinski definition) is 2. The number of carbonyl (C=O) groups excluding carboxylic acids is 1. The van der Waals surface area contributed by atoms with Crippen molar-refractivity contribution in [1.29, 1.82) is 0 Å². The lowest BCUT2D eigenvalue weighted by Gasteiger charge is -2.10. The third kappa shape index (κ3) is 4.05. The van der Waals surface area contributed by atoms with Gasteiger partial charge < -0.3 is 5.32 Å². The summed E-state index contributed by atoms with van der Waals surface area (Å²) < 4.78 is 22.6. The van der Waals surface area contributed by atoms with Crippen LogP contribution in [0.1, 0.15) is 40.4 Å². The largest absolute Gasteiger partial charge is 0.352 e. The maximum Gasteiger partial charge on any atom is 0.252 e. The van der Waals surface area contributed by atoms with E-state index in [-0.39, 0.29) is 10.8 Å². The Balaban J connectivity index is 1.47. The van der Waals surface area contributed by atoms with Crippen LogP contribution >= 0.6 is 0 Å². The zero-order valence-electron chi connectivity index (χ0n) is 15.3. The third-order valence-electron chi connectivity index (χ3n) is 4.93. The molecule has 1 heterocycles. The molecule has 0 atom stereocenters. The van der Waals surface area contributed by atoms with E-state index in [1.165, 1.54) is 12.1 Å². The van der Waals surface area contributed by atoms with Gasteiger partial charge in [-0.05, 0) is 49.1 Å². The van der Waals surface area contributed by atoms with Crippen molar-refractivity contribution in [3.8, 4) is 0 Å². The predicted octanol–water partition coefficient (Wildman–Crippen LogP) is 2.73. The first kappa shape index (κ1) is 18.6. The Morgan fingerprint density at radius 3 is 2.50 bits per heavy atom. The van der Waals surface area contributed by atoms with Gasteiger partial charge >= 0.3 is 0 Å². The van der Waals surface area contributed by atoms with E-state index in [1.54, 1.807) is 12.1 Å². The number of primary sulfonamides is 1. The molecule has 28 heavy (non-hydrogen) atoms. The third-order valence-corrected chi connectivity index (χ3v) is 5.86. The molecule has 7 heteroatoms. The number of hydrogen-bond acceptors (Lipinski definition) is 4. The van der Waals surface area contributed by atoms with Crippen LogP contribution in [0.15, 0.2) is 59.5 Å². The number of para-hydroxylation sites is 1. The molecule has 3 N–H and O–H groups in total. The molecular formula is C21H21N3O3S. The van der Waals surface area contributed by atoms with Crippen LogP contribution in [-0.4, -0.2) is 25.9 Å². The molecular weight excluding hydrogens is 374 g/mol. The SMILES string of the molecule is NS(=O)(=O)c1ccc(CCNC(=O)c2cc(C3CC3)nc3ccccc23)cc1. The van der Waals surface area contributed by atoms with Crippen LogP contribution in [0.4, 0.5) is 0 Å². The highest BCUT2D eigenvalue weighted by atomic mass is 32.2. The lowest BCUT2D eigenvalue weighted by molar-refractivity contribution is 0.0955. The molecule has 1 aromatic heterocycles. The highest BCUT2D eigenvalue weighted by molar-refractivity contribution is 7.89. The molecule has 1 aliphatic rings. The Kier molecular flexibility index (Phi) is 4.87. The summed E-state index contributed by atoms with van der Waals surface area (Å²) in [5.74, 6) is 0.343. The molecule has 1 aliphatic carbocycles. The quantitative estimate of drug-likeness (QED) is 0.670. The van der Waals surface area contributed by atoms with Crippen LogP contribution in [0.3, 0.4) is 0 Å². The second-order valence-corrected chi connectivity index (χ2v) is 8.64. The van der Waals surface area contributed by atoms with Gasteiger partial charge in [0.25, 0.3) is 5.91 Å². The molecule has 1 fully saturated rings. The summed E-state index contributed by atoms with van der Waals surface area (Å²) in [5, 5.41) is 8.91. The molecule has 3 aromatic rings. The summed E-state index contributed by atoms with van der Waals surface area (Å²) in [6, 6.07) is 16.0. The summed E-state index contributed by atoms with van der Waals surface area (Å²) >= 11 is 0. The average molecular weight is 395 g/mol. The minimum Gasteiger partial charge on any atom is -0.352 e. The maximum atomic E-state index is 12.8. The fraction of sp³-hybridized carbons (Fsp3) is 0.238. The first-order valence-electron chi connectivity index (χ1n) is 9.21. The van der Waals surface area contributed by atoms with E-state index in [0.29, 0.717) is 24.4 Å². The first-order valence-corrected chi connectivity index (χ1v) is 10.8. The van der Waals surface area contributed by atoms with Crippen molar-refractivity contribution in [2.24, 2.45) is 5.14 Å². The molecule has 144 valence electrons. The average Bonchev–Trinajstić information content (AvgIpc) is 3.52. The number of nitrogens with one attached hydrogen (secondary N) is 1. The van der Waals surface area contributed by atoms with Gasteiger partial charge in [-0.25, -0.2) is 13.6 Å². The van der Waals surface area contributed by atoms with Crippen molar-refractivity contribution in [2.75, 3.05) is 6.54 Å². The Hall–Kier alpha value is -2.77. The van der Waals surface area contributed by atoms with Gasteiger partial charge in [0.1, 0.15) is 0 Å². The Labute approximate surface area is 163 Å². The second kappa shape index (κ2) is 7.33. The van der Waals surface area contributed by atoms with Crippen LogP contribution in [0, 0.1) is 0 Å². The Bertz CT molecular complexity index is 1140. The van der Waals surface area contributed by atoms with Gasteiger partial charge in [-0.1, -0.05) is 30.3 Å². The standard InChI is InChI=1S/C21H21N3O3S/c22-28(26,27)16-9-5-14(6-10-16)11-12-23-21(25)18-13-20(15-7-8-15)24-19-4-2-1-3-17(18)19/h1-6,9-10,13,15H,7-8,11-12H2,(H,23,25)(H2,22,26,27). The van der Waals surface area contributed by atoms with Crippen molar-refractivity contribution >= 4 is 26.8 Å². The van der Waals surface area contributed by atoms with Crippen LogP contribution in [0.5, 0.6) is 0 Å². The number of benzene rings is 2. The summed E-state index contributed by atoms with van der Waals surface area (Å²) in [7, 11) is -3.69. The smallest absolute Gasteiger partial charge is 0.252 e. The van der Waals surface area contributed by atoms with Crippen LogP contribution in [0.2, 0.25) is 0 Å². The van der Waals surface area contributed by atoms with E-state index < -0.39 is 10.0 Å². The number of sulfonamides is 1. The molecule has 0 saturated heterocycles. The number of pyridine rings is 1. The number of amides is 1. The molecule has 2 aromatic carbocycles. The van der Waals surface area contributed by atoms with Crippen molar-refractivity contribution in [2.45, 2.75) is 30.1 Å². The van der Waals surface area contributed by atoms with Crippen molar-refractivity contribution in [1.82, 2.24) is 10.3 Å². The van der Waals surface area contributed by atoms with E-state index in [9.17, 15) is 13.2 Å². The predicted molar refractivity (Wildman–Crippen MR) is 108 cm³/mol. The Morgan fingerprint density at radius 1 is 1.11 bits per heavy atom. The fourth-order valence-corrected chi connectivity index (χ4v) is 3.75. The minimum atomic E-state index is -3.69. The molecule has 0 aliphatic heterocycles. The lowest BCUT2D eigenvalue weighted by Crippen LogP contribution is -2.26. The van der Waals surface area contributed by atoms with Gasteiger partial charge in [0.05, 0.1) is 16.0 Å². The van der Waals surface area contributed by atoms with E-state index in [4.69, 9.17) is 10.1 Å². The van der Waals surface area contributed by atoms with E-state index in [1.807, 2.05) is 30.3 Å². The van der Waals surface area contributed by atoms with Crippen molar-refractivity contribution in [3.63, 3.8) is 0 Å². The monoisotopic (exact) mass is 395 g/mol. The van der Waals surface area contributed by atoms with E-state index in [2.05, 4.69) is 5.32 Å². The molecule has 4 rings (SSSR count). The minimum absolute atomic E-state index is 0.0798. The maximum absolute atomic E-state index is 12.8. The molecule has 1 amide bonds. The van der Waals surface area contributed by atoms with Crippen molar-refractivity contribution < 1.29 is 13.2 Å². The summed E-state index contributed by atoms with van der Waals surface area (Å²) in [6.45, 7) is 0.447. The van der Waals surface area contributed by atoms with Crippen LogP contribution in [0.25, 0.3) is 10.9 Å². The lowest BCUT2D eigenvalue weighted by atomic mass is 10.1.